The third kappa shape index (κ3) is 3.54. The van der Waals surface area contributed by atoms with E-state index in [2.05, 4.69) is 21.2 Å². The molecule has 1 rings (SSSR count). The number of carbonyl (C=O) groups excluding carboxylic acids is 1. The normalized spacial score (nSPS) is 11.3. The molecule has 3 N–H and O–H groups in total. The van der Waals surface area contributed by atoms with E-state index in [1.807, 2.05) is 6.92 Å². The number of benzene rings is 1. The smallest absolute Gasteiger partial charge is 0.251 e. The predicted molar refractivity (Wildman–Crippen MR) is 72.9 cm³/mol. The number of amides is 1. The van der Waals surface area contributed by atoms with Gasteiger partial charge in [0.2, 0.25) is 10.0 Å². The van der Waals surface area contributed by atoms with Gasteiger partial charge in [0.1, 0.15) is 0 Å². The SMILES string of the molecule is CCCNC(=O)c1cc(Br)cc(S(N)(=O)=O)c1C. The summed E-state index contributed by atoms with van der Waals surface area (Å²) in [7, 11) is -3.84. The van der Waals surface area contributed by atoms with E-state index in [4.69, 9.17) is 5.14 Å². The van der Waals surface area contributed by atoms with Crippen LogP contribution in [0.5, 0.6) is 0 Å². The molecule has 7 heteroatoms. The van der Waals surface area contributed by atoms with Gasteiger partial charge in [-0.2, -0.15) is 0 Å². The first kappa shape index (κ1) is 15.1. The van der Waals surface area contributed by atoms with Crippen molar-refractivity contribution in [1.29, 1.82) is 0 Å². The van der Waals surface area contributed by atoms with Crippen LogP contribution in [0.1, 0.15) is 29.3 Å². The Balaban J connectivity index is 3.30. The maximum Gasteiger partial charge on any atom is 0.251 e. The van der Waals surface area contributed by atoms with Crippen molar-refractivity contribution in [2.24, 2.45) is 5.14 Å². The number of nitrogens with one attached hydrogen (secondary N) is 1. The van der Waals surface area contributed by atoms with Crippen molar-refractivity contribution in [2.75, 3.05) is 6.54 Å². The van der Waals surface area contributed by atoms with Crippen molar-refractivity contribution in [1.82, 2.24) is 5.32 Å². The van der Waals surface area contributed by atoms with Crippen LogP contribution in [0.25, 0.3) is 0 Å². The molecule has 0 fully saturated rings. The lowest BCUT2D eigenvalue weighted by Gasteiger charge is -2.11. The topological polar surface area (TPSA) is 89.3 Å². The quantitative estimate of drug-likeness (QED) is 0.875. The van der Waals surface area contributed by atoms with E-state index in [9.17, 15) is 13.2 Å². The minimum absolute atomic E-state index is 0.0430. The van der Waals surface area contributed by atoms with Crippen LogP contribution in [-0.4, -0.2) is 20.9 Å². The molecular formula is C11H15BrN2O3S. The van der Waals surface area contributed by atoms with Gasteiger partial charge in [0, 0.05) is 16.6 Å². The minimum Gasteiger partial charge on any atom is -0.352 e. The molecule has 0 atom stereocenters. The van der Waals surface area contributed by atoms with Crippen LogP contribution in [0.15, 0.2) is 21.5 Å². The number of hydrogen-bond donors (Lipinski definition) is 2. The highest BCUT2D eigenvalue weighted by atomic mass is 79.9. The first-order valence-electron chi connectivity index (χ1n) is 5.38. The molecular weight excluding hydrogens is 320 g/mol. The lowest BCUT2D eigenvalue weighted by molar-refractivity contribution is 0.0952. The van der Waals surface area contributed by atoms with Gasteiger partial charge < -0.3 is 5.32 Å². The van der Waals surface area contributed by atoms with Gasteiger partial charge in [-0.1, -0.05) is 22.9 Å². The molecule has 18 heavy (non-hydrogen) atoms. The first-order chi connectivity index (χ1) is 8.27. The Morgan fingerprint density at radius 2 is 2.06 bits per heavy atom. The highest BCUT2D eigenvalue weighted by Gasteiger charge is 2.19. The zero-order valence-corrected chi connectivity index (χ0v) is 12.6. The summed E-state index contributed by atoms with van der Waals surface area (Å²) in [4.78, 5) is 11.8. The van der Waals surface area contributed by atoms with E-state index in [1.165, 1.54) is 6.07 Å². The van der Waals surface area contributed by atoms with Gasteiger partial charge in [-0.05, 0) is 31.0 Å². The Hall–Kier alpha value is -0.920. The number of carbonyl (C=O) groups is 1. The van der Waals surface area contributed by atoms with Crippen molar-refractivity contribution < 1.29 is 13.2 Å². The molecule has 0 saturated carbocycles. The van der Waals surface area contributed by atoms with Crippen LogP contribution < -0.4 is 10.5 Å². The van der Waals surface area contributed by atoms with E-state index in [1.54, 1.807) is 13.0 Å². The number of sulfonamides is 1. The summed E-state index contributed by atoms with van der Waals surface area (Å²) in [5.41, 5.74) is 0.663. The van der Waals surface area contributed by atoms with Gasteiger partial charge in [0.25, 0.3) is 5.91 Å². The molecule has 0 spiro atoms. The lowest BCUT2D eigenvalue weighted by Crippen LogP contribution is -2.26. The van der Waals surface area contributed by atoms with Gasteiger partial charge in [-0.15, -0.1) is 0 Å². The molecule has 0 radical (unpaired) electrons. The predicted octanol–water partition coefficient (Wildman–Crippen LogP) is 1.54. The molecule has 0 aromatic heterocycles. The molecule has 5 nitrogen and oxygen atoms in total. The highest BCUT2D eigenvalue weighted by Crippen LogP contribution is 2.23. The molecule has 0 aliphatic heterocycles. The molecule has 0 bridgehead atoms. The minimum atomic E-state index is -3.84. The Morgan fingerprint density at radius 1 is 1.44 bits per heavy atom. The lowest BCUT2D eigenvalue weighted by atomic mass is 10.1. The second kappa shape index (κ2) is 5.81. The number of nitrogens with two attached hydrogens (primary N) is 1. The third-order valence-electron chi connectivity index (χ3n) is 2.41. The van der Waals surface area contributed by atoms with E-state index in [0.29, 0.717) is 22.1 Å². The molecule has 0 aliphatic rings. The van der Waals surface area contributed by atoms with Crippen LogP contribution in [0, 0.1) is 6.92 Å². The van der Waals surface area contributed by atoms with Crippen LogP contribution in [-0.2, 0) is 10.0 Å². The maximum atomic E-state index is 11.9. The van der Waals surface area contributed by atoms with Crippen molar-refractivity contribution in [3.63, 3.8) is 0 Å². The molecule has 0 unspecified atom stereocenters. The number of rotatable bonds is 4. The zero-order chi connectivity index (χ0) is 13.9. The largest absolute Gasteiger partial charge is 0.352 e. The Labute approximate surface area is 115 Å². The van der Waals surface area contributed by atoms with E-state index in [0.717, 1.165) is 6.42 Å². The summed E-state index contributed by atoms with van der Waals surface area (Å²) in [6, 6.07) is 2.97. The summed E-state index contributed by atoms with van der Waals surface area (Å²) < 4.78 is 23.3. The first-order valence-corrected chi connectivity index (χ1v) is 7.72. The van der Waals surface area contributed by atoms with Crippen LogP contribution in [0.4, 0.5) is 0 Å². The van der Waals surface area contributed by atoms with Crippen molar-refractivity contribution >= 4 is 31.9 Å². The summed E-state index contributed by atoms with van der Waals surface area (Å²) in [5.74, 6) is -0.305. The molecule has 1 aromatic rings. The molecule has 0 heterocycles. The Kier molecular flexibility index (Phi) is 4.89. The fraction of sp³-hybridized carbons (Fsp3) is 0.364. The second-order valence-electron chi connectivity index (χ2n) is 3.88. The average molecular weight is 335 g/mol. The Morgan fingerprint density at radius 3 is 2.56 bits per heavy atom. The van der Waals surface area contributed by atoms with E-state index in [-0.39, 0.29) is 10.8 Å². The standard InChI is InChI=1S/C11H15BrN2O3S/c1-3-4-14-11(15)9-5-8(12)6-10(7(9)2)18(13,16)17/h5-6H,3-4H2,1-2H3,(H,14,15)(H2,13,16,17). The highest BCUT2D eigenvalue weighted by molar-refractivity contribution is 9.10. The fourth-order valence-corrected chi connectivity index (χ4v) is 2.96. The van der Waals surface area contributed by atoms with Crippen molar-refractivity contribution in [3.8, 4) is 0 Å². The average Bonchev–Trinajstić information content (AvgIpc) is 2.27. The van der Waals surface area contributed by atoms with Crippen LogP contribution >= 0.6 is 15.9 Å². The monoisotopic (exact) mass is 334 g/mol. The fourth-order valence-electron chi connectivity index (χ4n) is 1.52. The summed E-state index contributed by atoms with van der Waals surface area (Å²) in [6.07, 6.45) is 0.806. The zero-order valence-electron chi connectivity index (χ0n) is 10.2. The van der Waals surface area contributed by atoms with Crippen LogP contribution in [0.2, 0.25) is 0 Å². The van der Waals surface area contributed by atoms with Gasteiger partial charge in [0.15, 0.2) is 0 Å². The second-order valence-corrected chi connectivity index (χ2v) is 6.32. The van der Waals surface area contributed by atoms with Gasteiger partial charge in [-0.3, -0.25) is 4.79 Å². The number of halogens is 1. The van der Waals surface area contributed by atoms with E-state index >= 15 is 0 Å². The molecule has 0 saturated heterocycles. The Bertz CT molecular complexity index is 570. The summed E-state index contributed by atoms with van der Waals surface area (Å²) in [6.45, 7) is 4.03. The molecule has 100 valence electrons. The van der Waals surface area contributed by atoms with E-state index < -0.39 is 10.0 Å². The van der Waals surface area contributed by atoms with Crippen molar-refractivity contribution in [2.45, 2.75) is 25.2 Å². The van der Waals surface area contributed by atoms with Gasteiger partial charge in [-0.25, -0.2) is 13.6 Å². The maximum absolute atomic E-state index is 11.9. The van der Waals surface area contributed by atoms with Crippen LogP contribution in [0.3, 0.4) is 0 Å². The summed E-state index contributed by atoms with van der Waals surface area (Å²) >= 11 is 3.18. The summed E-state index contributed by atoms with van der Waals surface area (Å²) in [5, 5.41) is 7.82. The van der Waals surface area contributed by atoms with Gasteiger partial charge >= 0.3 is 0 Å². The number of hydrogen-bond acceptors (Lipinski definition) is 3. The molecule has 1 amide bonds. The third-order valence-corrected chi connectivity index (χ3v) is 3.91. The molecule has 1 aromatic carbocycles. The molecule has 0 aliphatic carbocycles. The van der Waals surface area contributed by atoms with Crippen molar-refractivity contribution in [3.05, 3.63) is 27.7 Å². The number of primary sulfonamides is 1. The van der Waals surface area contributed by atoms with Gasteiger partial charge in [0.05, 0.1) is 4.90 Å².